The van der Waals surface area contributed by atoms with Crippen LogP contribution in [-0.4, -0.2) is 17.4 Å². The van der Waals surface area contributed by atoms with Gasteiger partial charge in [0.1, 0.15) is 6.61 Å². The number of nitrogens with two attached hydrogens (primary N) is 1. The number of carbonyl (C=O) groups is 1. The Morgan fingerprint density at radius 2 is 1.90 bits per heavy atom. The van der Waals surface area contributed by atoms with E-state index in [2.05, 4.69) is 0 Å². The fraction of sp³-hybridized carbons (Fsp3) is 0.500. The molecule has 0 fully saturated rings. The quantitative estimate of drug-likeness (QED) is 0.324. The van der Waals surface area contributed by atoms with Gasteiger partial charge in [-0.1, -0.05) is 25.0 Å². The lowest BCUT2D eigenvalue weighted by Crippen LogP contribution is -2.06. The molecular weight excluding hydrogens is 260 g/mol. The summed E-state index contributed by atoms with van der Waals surface area (Å²) in [6.45, 7) is 0.612. The highest BCUT2D eigenvalue weighted by Gasteiger charge is 2.13. The van der Waals surface area contributed by atoms with Crippen molar-refractivity contribution in [3.8, 4) is 0 Å². The highest BCUT2D eigenvalue weighted by molar-refractivity contribution is 5.69. The summed E-state index contributed by atoms with van der Waals surface area (Å²) in [5.41, 5.74) is 5.76. The first-order valence-electron chi connectivity index (χ1n) is 6.73. The minimum absolute atomic E-state index is 0.0248. The SMILES string of the molecule is NCCCCCCC(=O)OCc1ccccc1[N+](=O)[O-]. The first-order chi connectivity index (χ1) is 9.65. The predicted molar refractivity (Wildman–Crippen MR) is 75.0 cm³/mol. The molecule has 20 heavy (non-hydrogen) atoms. The minimum atomic E-state index is -0.476. The van der Waals surface area contributed by atoms with Gasteiger partial charge >= 0.3 is 5.97 Å². The second-order valence-electron chi connectivity index (χ2n) is 4.50. The third-order valence-corrected chi connectivity index (χ3v) is 2.91. The third-order valence-electron chi connectivity index (χ3n) is 2.91. The Hall–Kier alpha value is -1.95. The Balaban J connectivity index is 2.32. The fourth-order valence-electron chi connectivity index (χ4n) is 1.81. The van der Waals surface area contributed by atoms with E-state index in [1.54, 1.807) is 18.2 Å². The maximum absolute atomic E-state index is 11.5. The molecule has 110 valence electrons. The van der Waals surface area contributed by atoms with E-state index in [0.717, 1.165) is 25.7 Å². The first kappa shape index (κ1) is 16.1. The number of hydrogen-bond donors (Lipinski definition) is 1. The van der Waals surface area contributed by atoms with Crippen molar-refractivity contribution in [2.24, 2.45) is 5.73 Å². The molecule has 0 unspecified atom stereocenters. The highest BCUT2D eigenvalue weighted by Crippen LogP contribution is 2.18. The zero-order chi connectivity index (χ0) is 14.8. The van der Waals surface area contributed by atoms with Crippen LogP contribution in [0.15, 0.2) is 24.3 Å². The summed E-state index contributed by atoms with van der Waals surface area (Å²) in [6.07, 6.45) is 4.01. The summed E-state index contributed by atoms with van der Waals surface area (Å²) in [7, 11) is 0. The molecule has 0 saturated heterocycles. The van der Waals surface area contributed by atoms with Crippen molar-refractivity contribution in [1.82, 2.24) is 0 Å². The second-order valence-corrected chi connectivity index (χ2v) is 4.50. The smallest absolute Gasteiger partial charge is 0.306 e. The summed E-state index contributed by atoms with van der Waals surface area (Å²) in [5, 5.41) is 10.8. The van der Waals surface area contributed by atoms with Crippen LogP contribution in [0.5, 0.6) is 0 Å². The monoisotopic (exact) mass is 280 g/mol. The van der Waals surface area contributed by atoms with E-state index in [9.17, 15) is 14.9 Å². The van der Waals surface area contributed by atoms with Gasteiger partial charge in [0.05, 0.1) is 10.5 Å². The number of hydrogen-bond acceptors (Lipinski definition) is 5. The van der Waals surface area contributed by atoms with Gasteiger partial charge in [0.15, 0.2) is 0 Å². The molecule has 1 aromatic rings. The van der Waals surface area contributed by atoms with Crippen molar-refractivity contribution < 1.29 is 14.5 Å². The Labute approximate surface area is 118 Å². The van der Waals surface area contributed by atoms with Crippen molar-refractivity contribution >= 4 is 11.7 Å². The summed E-state index contributed by atoms with van der Waals surface area (Å²) >= 11 is 0. The van der Waals surface area contributed by atoms with Crippen LogP contribution in [0.4, 0.5) is 5.69 Å². The van der Waals surface area contributed by atoms with Gasteiger partial charge in [-0.05, 0) is 25.5 Å². The molecule has 0 aliphatic rings. The van der Waals surface area contributed by atoms with E-state index in [1.807, 2.05) is 0 Å². The average molecular weight is 280 g/mol. The van der Waals surface area contributed by atoms with Crippen LogP contribution in [0, 0.1) is 10.1 Å². The molecule has 1 rings (SSSR count). The molecule has 2 N–H and O–H groups in total. The van der Waals surface area contributed by atoms with E-state index >= 15 is 0 Å². The Morgan fingerprint density at radius 3 is 2.60 bits per heavy atom. The van der Waals surface area contributed by atoms with Gasteiger partial charge in [-0.2, -0.15) is 0 Å². The molecule has 0 aliphatic heterocycles. The Kier molecular flexibility index (Phi) is 7.27. The zero-order valence-corrected chi connectivity index (χ0v) is 11.4. The van der Waals surface area contributed by atoms with Gasteiger partial charge in [0.2, 0.25) is 0 Å². The Bertz CT molecular complexity index is 449. The van der Waals surface area contributed by atoms with E-state index in [-0.39, 0.29) is 18.3 Å². The number of benzene rings is 1. The maximum Gasteiger partial charge on any atom is 0.306 e. The van der Waals surface area contributed by atoms with Gasteiger partial charge in [-0.15, -0.1) is 0 Å². The molecule has 0 bridgehead atoms. The Morgan fingerprint density at radius 1 is 1.20 bits per heavy atom. The van der Waals surface area contributed by atoms with Crippen molar-refractivity contribution in [2.45, 2.75) is 38.7 Å². The number of nitro groups is 1. The highest BCUT2D eigenvalue weighted by atomic mass is 16.6. The summed E-state index contributed by atoms with van der Waals surface area (Å²) in [6, 6.07) is 6.26. The molecule has 0 heterocycles. The molecule has 0 aromatic heterocycles. The van der Waals surface area contributed by atoms with Gasteiger partial charge in [0.25, 0.3) is 5.69 Å². The summed E-state index contributed by atoms with van der Waals surface area (Å²) in [4.78, 5) is 21.8. The van der Waals surface area contributed by atoms with Gasteiger partial charge in [-0.3, -0.25) is 14.9 Å². The molecule has 6 heteroatoms. The van der Waals surface area contributed by atoms with Crippen LogP contribution in [0.3, 0.4) is 0 Å². The molecule has 0 radical (unpaired) electrons. The third kappa shape index (κ3) is 5.79. The number of nitro benzene ring substituents is 1. The summed E-state index contributed by atoms with van der Waals surface area (Å²) < 4.78 is 5.06. The lowest BCUT2D eigenvalue weighted by atomic mass is 10.1. The number of ether oxygens (including phenoxy) is 1. The van der Waals surface area contributed by atoms with Crippen molar-refractivity contribution in [2.75, 3.05) is 6.54 Å². The number of esters is 1. The second kappa shape index (κ2) is 9.03. The van der Waals surface area contributed by atoms with Crippen molar-refractivity contribution in [3.63, 3.8) is 0 Å². The number of nitrogens with zero attached hydrogens (tertiary/aromatic N) is 1. The predicted octanol–water partition coefficient (Wildman–Crippen LogP) is 2.55. The number of carbonyl (C=O) groups excluding carboxylic acids is 1. The molecule has 6 nitrogen and oxygen atoms in total. The van der Waals surface area contributed by atoms with E-state index < -0.39 is 4.92 Å². The van der Waals surface area contributed by atoms with Crippen LogP contribution in [0.25, 0.3) is 0 Å². The zero-order valence-electron chi connectivity index (χ0n) is 11.4. The lowest BCUT2D eigenvalue weighted by molar-refractivity contribution is -0.385. The lowest BCUT2D eigenvalue weighted by Gasteiger charge is -2.05. The van der Waals surface area contributed by atoms with E-state index in [0.29, 0.717) is 18.5 Å². The minimum Gasteiger partial charge on any atom is -0.461 e. The summed E-state index contributed by atoms with van der Waals surface area (Å²) in [5.74, 6) is -0.323. The standard InChI is InChI=1S/C14H20N2O4/c15-10-6-2-1-3-9-14(17)20-11-12-7-4-5-8-13(12)16(18)19/h4-5,7-8H,1-3,6,9-11,15H2. The van der Waals surface area contributed by atoms with Crippen LogP contribution in [0.2, 0.25) is 0 Å². The molecule has 0 aliphatic carbocycles. The molecule has 0 atom stereocenters. The first-order valence-corrected chi connectivity index (χ1v) is 6.73. The van der Waals surface area contributed by atoms with Gasteiger partial charge in [-0.25, -0.2) is 0 Å². The van der Waals surface area contributed by atoms with Crippen LogP contribution in [-0.2, 0) is 16.1 Å². The van der Waals surface area contributed by atoms with E-state index in [1.165, 1.54) is 6.07 Å². The molecule has 0 spiro atoms. The molecular formula is C14H20N2O4. The normalized spacial score (nSPS) is 10.2. The number of unbranched alkanes of at least 4 members (excludes halogenated alkanes) is 3. The molecule has 0 amide bonds. The van der Waals surface area contributed by atoms with Crippen molar-refractivity contribution in [3.05, 3.63) is 39.9 Å². The van der Waals surface area contributed by atoms with Gasteiger partial charge < -0.3 is 10.5 Å². The molecule has 0 saturated carbocycles. The average Bonchev–Trinajstić information content (AvgIpc) is 2.45. The maximum atomic E-state index is 11.5. The number of para-hydroxylation sites is 1. The largest absolute Gasteiger partial charge is 0.461 e. The molecule has 1 aromatic carbocycles. The fourth-order valence-corrected chi connectivity index (χ4v) is 1.81. The van der Waals surface area contributed by atoms with Crippen LogP contribution < -0.4 is 5.73 Å². The number of rotatable bonds is 9. The van der Waals surface area contributed by atoms with Crippen LogP contribution >= 0.6 is 0 Å². The topological polar surface area (TPSA) is 95.5 Å². The van der Waals surface area contributed by atoms with Gasteiger partial charge in [0, 0.05) is 12.5 Å². The van der Waals surface area contributed by atoms with E-state index in [4.69, 9.17) is 10.5 Å². The van der Waals surface area contributed by atoms with Crippen LogP contribution in [0.1, 0.15) is 37.7 Å². The van der Waals surface area contributed by atoms with Crippen molar-refractivity contribution in [1.29, 1.82) is 0 Å².